The molecule has 0 bridgehead atoms. The molecule has 2 aromatic rings. The van der Waals surface area contributed by atoms with Gasteiger partial charge in [-0.1, -0.05) is 21.1 Å². The van der Waals surface area contributed by atoms with Gasteiger partial charge in [-0.3, -0.25) is 0 Å². The Labute approximate surface area is 107 Å². The Balaban J connectivity index is 2.14. The summed E-state index contributed by atoms with van der Waals surface area (Å²) >= 11 is 3.36. The molecule has 0 fully saturated rings. The number of hydrogen-bond acceptors (Lipinski definition) is 4. The average molecular weight is 298 g/mol. The fourth-order valence-electron chi connectivity index (χ4n) is 1.44. The van der Waals surface area contributed by atoms with Crippen molar-refractivity contribution >= 4 is 15.9 Å². The molecule has 5 heteroatoms. The Morgan fingerprint density at radius 2 is 2.35 bits per heavy atom. The molecule has 1 N–H and O–H groups in total. The number of aromatic nitrogens is 1. The third-order valence-electron chi connectivity index (χ3n) is 2.30. The number of ether oxygens (including phenoxy) is 1. The summed E-state index contributed by atoms with van der Waals surface area (Å²) < 4.78 is 11.2. The van der Waals surface area contributed by atoms with Crippen molar-refractivity contribution in [1.29, 1.82) is 0 Å². The second-order valence-electron chi connectivity index (χ2n) is 3.68. The standard InChI is InChI=1S/C12H12BrNO3/c1-8(15)11-4-10(13)2-3-12(11)16-6-9-5-14-17-7-9/h2-5,7-8,15H,6H2,1H3/t8-/m1/s1. The predicted octanol–water partition coefficient (Wildman–Crippen LogP) is 3.07. The van der Waals surface area contributed by atoms with Crippen LogP contribution in [-0.2, 0) is 6.61 Å². The van der Waals surface area contributed by atoms with Crippen LogP contribution in [0.1, 0.15) is 24.2 Å². The van der Waals surface area contributed by atoms with Gasteiger partial charge in [-0.25, -0.2) is 0 Å². The van der Waals surface area contributed by atoms with Gasteiger partial charge in [0.15, 0.2) is 0 Å². The van der Waals surface area contributed by atoms with Gasteiger partial charge in [0.25, 0.3) is 0 Å². The minimum atomic E-state index is -0.579. The summed E-state index contributed by atoms with van der Waals surface area (Å²) in [5.41, 5.74) is 1.60. The van der Waals surface area contributed by atoms with Crippen LogP contribution in [-0.4, -0.2) is 10.3 Å². The van der Waals surface area contributed by atoms with Crippen molar-refractivity contribution in [3.63, 3.8) is 0 Å². The van der Waals surface area contributed by atoms with E-state index in [9.17, 15) is 5.11 Å². The molecule has 2 rings (SSSR count). The smallest absolute Gasteiger partial charge is 0.130 e. The molecule has 4 nitrogen and oxygen atoms in total. The summed E-state index contributed by atoms with van der Waals surface area (Å²) in [5, 5.41) is 13.2. The van der Waals surface area contributed by atoms with E-state index in [0.717, 1.165) is 15.6 Å². The van der Waals surface area contributed by atoms with Gasteiger partial charge in [0, 0.05) is 15.6 Å². The fraction of sp³-hybridized carbons (Fsp3) is 0.250. The highest BCUT2D eigenvalue weighted by atomic mass is 79.9. The van der Waals surface area contributed by atoms with E-state index in [1.165, 1.54) is 6.26 Å². The zero-order chi connectivity index (χ0) is 12.3. The van der Waals surface area contributed by atoms with Crippen LogP contribution >= 0.6 is 15.9 Å². The predicted molar refractivity (Wildman–Crippen MR) is 65.6 cm³/mol. The normalized spacial score (nSPS) is 12.4. The number of nitrogens with zero attached hydrogens (tertiary/aromatic N) is 1. The van der Waals surface area contributed by atoms with Crippen LogP contribution in [0.3, 0.4) is 0 Å². The Bertz CT molecular complexity index is 483. The quantitative estimate of drug-likeness (QED) is 0.942. The number of aliphatic hydroxyl groups is 1. The summed E-state index contributed by atoms with van der Waals surface area (Å²) in [5.74, 6) is 0.657. The van der Waals surface area contributed by atoms with Crippen LogP contribution in [0.5, 0.6) is 5.75 Å². The highest BCUT2D eigenvalue weighted by Crippen LogP contribution is 2.29. The Morgan fingerprint density at radius 3 is 3.00 bits per heavy atom. The molecule has 0 saturated heterocycles. The third-order valence-corrected chi connectivity index (χ3v) is 2.79. The number of hydrogen-bond donors (Lipinski definition) is 1. The lowest BCUT2D eigenvalue weighted by Crippen LogP contribution is -2.00. The van der Waals surface area contributed by atoms with Crippen LogP contribution in [0, 0.1) is 0 Å². The van der Waals surface area contributed by atoms with Gasteiger partial charge >= 0.3 is 0 Å². The van der Waals surface area contributed by atoms with Gasteiger partial charge in [-0.05, 0) is 25.1 Å². The fourth-order valence-corrected chi connectivity index (χ4v) is 1.82. The van der Waals surface area contributed by atoms with Crippen LogP contribution in [0.15, 0.2) is 39.7 Å². The van der Waals surface area contributed by atoms with E-state index in [4.69, 9.17) is 9.26 Å². The van der Waals surface area contributed by atoms with E-state index in [1.54, 1.807) is 13.1 Å². The van der Waals surface area contributed by atoms with Crippen LogP contribution in [0.2, 0.25) is 0 Å². The second kappa shape index (κ2) is 5.33. The van der Waals surface area contributed by atoms with Gasteiger partial charge in [-0.2, -0.15) is 0 Å². The summed E-state index contributed by atoms with van der Waals surface area (Å²) in [6.45, 7) is 2.07. The molecule has 0 saturated carbocycles. The Morgan fingerprint density at radius 1 is 1.53 bits per heavy atom. The lowest BCUT2D eigenvalue weighted by atomic mass is 10.1. The van der Waals surface area contributed by atoms with Gasteiger partial charge in [-0.15, -0.1) is 0 Å². The van der Waals surface area contributed by atoms with Crippen LogP contribution < -0.4 is 4.74 Å². The second-order valence-corrected chi connectivity index (χ2v) is 4.60. The summed E-state index contributed by atoms with van der Waals surface area (Å²) in [7, 11) is 0. The molecular formula is C12H12BrNO3. The minimum Gasteiger partial charge on any atom is -0.488 e. The van der Waals surface area contributed by atoms with Gasteiger partial charge < -0.3 is 14.4 Å². The van der Waals surface area contributed by atoms with E-state index < -0.39 is 6.10 Å². The Hall–Kier alpha value is -1.33. The largest absolute Gasteiger partial charge is 0.488 e. The van der Waals surface area contributed by atoms with Crippen molar-refractivity contribution in [2.75, 3.05) is 0 Å². The Kier molecular flexibility index (Phi) is 3.81. The molecule has 0 amide bonds. The maximum Gasteiger partial charge on any atom is 0.130 e. The molecule has 0 aliphatic heterocycles. The van der Waals surface area contributed by atoms with Gasteiger partial charge in [0.05, 0.1) is 12.3 Å². The SMILES string of the molecule is C[C@@H](O)c1cc(Br)ccc1OCc1cnoc1. The first kappa shape index (κ1) is 12.1. The van der Waals surface area contributed by atoms with E-state index in [1.807, 2.05) is 18.2 Å². The average Bonchev–Trinajstić information content (AvgIpc) is 2.80. The third kappa shape index (κ3) is 3.08. The maximum atomic E-state index is 9.65. The lowest BCUT2D eigenvalue weighted by molar-refractivity contribution is 0.190. The van der Waals surface area contributed by atoms with Crippen molar-refractivity contribution < 1.29 is 14.4 Å². The van der Waals surface area contributed by atoms with E-state index in [0.29, 0.717) is 12.4 Å². The molecule has 1 heterocycles. The van der Waals surface area contributed by atoms with E-state index >= 15 is 0 Å². The maximum absolute atomic E-state index is 9.65. The molecule has 0 aliphatic carbocycles. The molecule has 1 aromatic heterocycles. The van der Waals surface area contributed by atoms with Gasteiger partial charge in [0.1, 0.15) is 18.6 Å². The molecule has 0 unspecified atom stereocenters. The van der Waals surface area contributed by atoms with E-state index in [2.05, 4.69) is 21.1 Å². The first-order valence-electron chi connectivity index (χ1n) is 5.15. The zero-order valence-electron chi connectivity index (χ0n) is 9.26. The number of aliphatic hydroxyl groups excluding tert-OH is 1. The molecule has 0 radical (unpaired) electrons. The van der Waals surface area contributed by atoms with Crippen molar-refractivity contribution in [3.8, 4) is 5.75 Å². The van der Waals surface area contributed by atoms with Crippen LogP contribution in [0.25, 0.3) is 0 Å². The topological polar surface area (TPSA) is 55.5 Å². The molecule has 90 valence electrons. The molecular weight excluding hydrogens is 286 g/mol. The van der Waals surface area contributed by atoms with Crippen molar-refractivity contribution in [2.24, 2.45) is 0 Å². The molecule has 0 spiro atoms. The first-order chi connectivity index (χ1) is 8.16. The van der Waals surface area contributed by atoms with Gasteiger partial charge in [0.2, 0.25) is 0 Å². The minimum absolute atomic E-state index is 0.366. The molecule has 1 aromatic carbocycles. The summed E-state index contributed by atoms with van der Waals surface area (Å²) in [4.78, 5) is 0. The molecule has 1 atom stereocenters. The van der Waals surface area contributed by atoms with Crippen molar-refractivity contribution in [3.05, 3.63) is 46.3 Å². The monoisotopic (exact) mass is 297 g/mol. The first-order valence-corrected chi connectivity index (χ1v) is 5.94. The van der Waals surface area contributed by atoms with Crippen molar-refractivity contribution in [2.45, 2.75) is 19.6 Å². The molecule has 0 aliphatic rings. The zero-order valence-corrected chi connectivity index (χ0v) is 10.8. The molecule has 17 heavy (non-hydrogen) atoms. The summed E-state index contributed by atoms with van der Waals surface area (Å²) in [6, 6.07) is 5.53. The summed E-state index contributed by atoms with van der Waals surface area (Å²) in [6.07, 6.45) is 2.55. The van der Waals surface area contributed by atoms with Crippen LogP contribution in [0.4, 0.5) is 0 Å². The number of rotatable bonds is 4. The number of halogens is 1. The van der Waals surface area contributed by atoms with Crippen molar-refractivity contribution in [1.82, 2.24) is 5.16 Å². The highest BCUT2D eigenvalue weighted by molar-refractivity contribution is 9.10. The lowest BCUT2D eigenvalue weighted by Gasteiger charge is -2.13. The van der Waals surface area contributed by atoms with E-state index in [-0.39, 0.29) is 0 Å². The number of benzene rings is 1. The highest BCUT2D eigenvalue weighted by Gasteiger charge is 2.10.